The van der Waals surface area contributed by atoms with Crippen molar-refractivity contribution in [2.45, 2.75) is 0 Å². The van der Waals surface area contributed by atoms with Crippen LogP contribution in [0.3, 0.4) is 0 Å². The molecule has 0 fully saturated rings. The number of thiocarbonyl (C=S) groups is 2. The predicted molar refractivity (Wildman–Crippen MR) is 108 cm³/mol. The molecule has 0 unspecified atom stereocenters. The van der Waals surface area contributed by atoms with E-state index in [2.05, 4.69) is 34.4 Å². The van der Waals surface area contributed by atoms with Gasteiger partial charge in [0.05, 0.1) is 20.1 Å². The zero-order chi connectivity index (χ0) is 20.9. The molecule has 2 aromatic rings. The van der Waals surface area contributed by atoms with Gasteiger partial charge >= 0.3 is 59.1 Å². The minimum atomic E-state index is -5.48. The second kappa shape index (κ2) is 12.6. The molecule has 14 heteroatoms. The molecule has 0 atom stereocenters. The fourth-order valence-electron chi connectivity index (χ4n) is 2.37. The monoisotopic (exact) mass is 498 g/mol. The van der Waals surface area contributed by atoms with E-state index in [1.165, 1.54) is 42.5 Å². The Morgan fingerprint density at radius 2 is 1.30 bits per heavy atom. The number of nitrogens with zero attached hydrogens (tertiary/aromatic N) is 2. The maximum atomic E-state index is 12.0. The first-order valence-corrected chi connectivity index (χ1v) is 10.7. The molecule has 0 aromatic heterocycles. The first-order valence-electron chi connectivity index (χ1n) is 7.12. The Kier molecular flexibility index (Phi) is 12.4. The third kappa shape index (κ3) is 7.33. The Morgan fingerprint density at radius 1 is 0.767 bits per heavy atom. The molecular formula is C16H8N2Na2O6S4. The van der Waals surface area contributed by atoms with E-state index in [4.69, 9.17) is 0 Å². The van der Waals surface area contributed by atoms with Gasteiger partial charge in [0, 0.05) is 5.56 Å². The Balaban J connectivity index is 0.00000420. The van der Waals surface area contributed by atoms with E-state index < -0.39 is 35.6 Å². The van der Waals surface area contributed by atoms with Gasteiger partial charge in [0.1, 0.15) is 31.6 Å². The second-order valence-corrected chi connectivity index (χ2v) is 8.01. The Bertz CT molecular complexity index is 1270. The average molecular weight is 498 g/mol. The summed E-state index contributed by atoms with van der Waals surface area (Å²) in [6.07, 6.45) is 0. The van der Waals surface area contributed by atoms with E-state index in [1.807, 2.05) is 10.3 Å². The molecular weight excluding hydrogens is 490 g/mol. The zero-order valence-electron chi connectivity index (χ0n) is 15.6. The second-order valence-electron chi connectivity index (χ2n) is 5.01. The summed E-state index contributed by atoms with van der Waals surface area (Å²) in [5.41, 5.74) is -1.13. The van der Waals surface area contributed by atoms with Crippen molar-refractivity contribution in [1.82, 2.24) is 0 Å². The Morgan fingerprint density at radius 3 is 1.77 bits per heavy atom. The average Bonchev–Trinajstić information content (AvgIpc) is 2.60. The molecule has 30 heavy (non-hydrogen) atoms. The van der Waals surface area contributed by atoms with Crippen LogP contribution in [0.4, 0.5) is 11.4 Å². The molecule has 0 N–H and O–H groups in total. The van der Waals surface area contributed by atoms with Gasteiger partial charge in [-0.3, -0.25) is 0 Å². The van der Waals surface area contributed by atoms with Crippen molar-refractivity contribution in [2.24, 2.45) is 9.98 Å². The van der Waals surface area contributed by atoms with Gasteiger partial charge in [-0.1, -0.05) is 42.5 Å². The molecule has 0 aliphatic heterocycles. The molecule has 0 radical (unpaired) electrons. The maximum absolute atomic E-state index is 12.0. The molecule has 0 bridgehead atoms. The van der Waals surface area contributed by atoms with Crippen LogP contribution < -0.4 is 59.1 Å². The van der Waals surface area contributed by atoms with Crippen LogP contribution >= 0.6 is 24.4 Å². The fraction of sp³-hybridized carbons (Fsp3) is 0. The van der Waals surface area contributed by atoms with E-state index in [0.717, 1.165) is 6.07 Å². The SMILES string of the molecule is O=S(=O)([O-])C(=C(c1cccc(N=C=S)c1N=C=S)S(=O)(=O)[O-])c1ccccc1.[Na+].[Na+]. The largest absolute Gasteiger partial charge is 1.00 e. The quantitative estimate of drug-likeness (QED) is 0.136. The van der Waals surface area contributed by atoms with Crippen LogP contribution in [0.25, 0.3) is 9.81 Å². The van der Waals surface area contributed by atoms with Gasteiger partial charge in [-0.05, 0) is 36.1 Å². The summed E-state index contributed by atoms with van der Waals surface area (Å²) in [6.45, 7) is 0. The van der Waals surface area contributed by atoms with Gasteiger partial charge in [-0.2, -0.15) is 9.98 Å². The van der Waals surface area contributed by atoms with E-state index in [-0.39, 0.29) is 76.1 Å². The first kappa shape index (κ1) is 29.6. The molecule has 0 aliphatic carbocycles. The smallest absolute Gasteiger partial charge is 0.744 e. The van der Waals surface area contributed by atoms with Crippen LogP contribution in [0.5, 0.6) is 0 Å². The topological polar surface area (TPSA) is 139 Å². The summed E-state index contributed by atoms with van der Waals surface area (Å²) in [7, 11) is -10.9. The number of hydrogen-bond donors (Lipinski definition) is 0. The zero-order valence-corrected chi connectivity index (χ0v) is 22.9. The number of isothiocyanates is 2. The molecule has 0 amide bonds. The summed E-state index contributed by atoms with van der Waals surface area (Å²) in [5.74, 6) is 0. The van der Waals surface area contributed by atoms with Crippen molar-refractivity contribution in [3.05, 3.63) is 59.7 Å². The Hall–Kier alpha value is -0.400. The molecule has 0 spiro atoms. The molecule has 0 heterocycles. The Labute approximate surface area is 228 Å². The molecule has 0 saturated carbocycles. The van der Waals surface area contributed by atoms with Gasteiger partial charge in [0.15, 0.2) is 0 Å². The predicted octanol–water partition coefficient (Wildman–Crippen LogP) is -2.92. The molecule has 2 rings (SSSR count). The van der Waals surface area contributed by atoms with Crippen molar-refractivity contribution in [1.29, 1.82) is 0 Å². The van der Waals surface area contributed by atoms with Gasteiger partial charge < -0.3 is 9.11 Å². The van der Waals surface area contributed by atoms with Crippen LogP contribution in [-0.2, 0) is 20.2 Å². The summed E-state index contributed by atoms with van der Waals surface area (Å²) < 4.78 is 72.0. The van der Waals surface area contributed by atoms with Gasteiger partial charge in [0.25, 0.3) is 0 Å². The summed E-state index contributed by atoms with van der Waals surface area (Å²) in [4.78, 5) is 4.86. The number of benzene rings is 2. The molecule has 8 nitrogen and oxygen atoms in total. The van der Waals surface area contributed by atoms with Crippen LogP contribution in [0, 0.1) is 0 Å². The van der Waals surface area contributed by atoms with Gasteiger partial charge in [-0.25, -0.2) is 16.8 Å². The summed E-state index contributed by atoms with van der Waals surface area (Å²) >= 11 is 9.03. The van der Waals surface area contributed by atoms with Crippen LogP contribution in [-0.4, -0.2) is 36.3 Å². The van der Waals surface area contributed by atoms with Crippen molar-refractivity contribution < 1.29 is 85.1 Å². The van der Waals surface area contributed by atoms with Crippen LogP contribution in [0.2, 0.25) is 0 Å². The maximum Gasteiger partial charge on any atom is 1.00 e. The molecule has 144 valence electrons. The van der Waals surface area contributed by atoms with E-state index in [9.17, 15) is 25.9 Å². The van der Waals surface area contributed by atoms with Crippen molar-refractivity contribution in [2.75, 3.05) is 0 Å². The van der Waals surface area contributed by atoms with Crippen molar-refractivity contribution >= 4 is 76.2 Å². The first-order chi connectivity index (χ1) is 13.1. The third-order valence-corrected chi connectivity index (χ3v) is 5.50. The van der Waals surface area contributed by atoms with E-state index in [0.29, 0.717) is 0 Å². The molecule has 2 aromatic carbocycles. The van der Waals surface area contributed by atoms with Crippen LogP contribution in [0.1, 0.15) is 11.1 Å². The molecule has 0 aliphatic rings. The number of para-hydroxylation sites is 1. The number of rotatable bonds is 6. The minimum absolute atomic E-state index is 0. The third-order valence-electron chi connectivity index (χ3n) is 3.33. The summed E-state index contributed by atoms with van der Waals surface area (Å²) in [6, 6.07) is 10.3. The van der Waals surface area contributed by atoms with Crippen molar-refractivity contribution in [3.8, 4) is 0 Å². The fourth-order valence-corrected chi connectivity index (χ4v) is 4.71. The molecule has 0 saturated heterocycles. The van der Waals surface area contributed by atoms with Gasteiger partial charge in [-0.15, -0.1) is 0 Å². The van der Waals surface area contributed by atoms with E-state index in [1.54, 1.807) is 0 Å². The minimum Gasteiger partial charge on any atom is -0.744 e. The van der Waals surface area contributed by atoms with Crippen LogP contribution in [0.15, 0.2) is 58.5 Å². The standard InChI is InChI=1S/C16H10N2O6S4.2Na/c19-27(20,21)15(11-5-2-1-3-6-11)16(28(22,23)24)12-7-4-8-13(17-9-25)14(12)18-10-26;;/h1-8H,(H,19,20,21)(H,22,23,24);;/q;2*+1/p-2. The van der Waals surface area contributed by atoms with Gasteiger partial charge in [0.2, 0.25) is 0 Å². The summed E-state index contributed by atoms with van der Waals surface area (Å²) in [5, 5.41) is 4.03. The van der Waals surface area contributed by atoms with Crippen molar-refractivity contribution in [3.63, 3.8) is 0 Å². The number of hydrogen-bond acceptors (Lipinski definition) is 10. The normalized spacial score (nSPS) is 11.5. The van der Waals surface area contributed by atoms with E-state index >= 15 is 0 Å². The number of aliphatic imine (C=N–C) groups is 2.